The number of ether oxygens (including phenoxy) is 1. The summed E-state index contributed by atoms with van der Waals surface area (Å²) in [4.78, 5) is 69.0. The number of carbonyl (C=O) groups is 4. The average molecular weight is 835 g/mol. The Bertz CT molecular complexity index is 2040. The summed E-state index contributed by atoms with van der Waals surface area (Å²) in [6, 6.07) is 14.1. The number of benzene rings is 2. The van der Waals surface area contributed by atoms with E-state index in [0.717, 1.165) is 114 Å². The van der Waals surface area contributed by atoms with Gasteiger partial charge < -0.3 is 35.4 Å². The Morgan fingerprint density at radius 2 is 1.67 bits per heavy atom. The number of rotatable bonds is 14. The molecule has 0 spiro atoms. The summed E-state index contributed by atoms with van der Waals surface area (Å²) in [7, 11) is 3.40. The smallest absolute Gasteiger partial charge is 0.251 e. The van der Waals surface area contributed by atoms with Crippen LogP contribution in [0.5, 0.6) is 5.75 Å². The number of piperidine rings is 1. The molecule has 4 N–H and O–H groups in total. The summed E-state index contributed by atoms with van der Waals surface area (Å²) in [5.74, 6) is 1.24. The first kappa shape index (κ1) is 42.4. The molecule has 8 rings (SSSR count). The van der Waals surface area contributed by atoms with Gasteiger partial charge >= 0.3 is 0 Å². The summed E-state index contributed by atoms with van der Waals surface area (Å²) >= 11 is 0. The molecular formula is C46H62N10O5. The van der Waals surface area contributed by atoms with Gasteiger partial charge in [0.2, 0.25) is 23.7 Å². The average Bonchev–Trinajstić information content (AvgIpc) is 3.82. The van der Waals surface area contributed by atoms with E-state index in [-0.39, 0.29) is 47.8 Å². The van der Waals surface area contributed by atoms with Gasteiger partial charge in [-0.2, -0.15) is 4.98 Å². The minimum atomic E-state index is -0.368. The normalized spacial score (nSPS) is 24.0. The quantitative estimate of drug-likeness (QED) is 0.157. The highest BCUT2D eigenvalue weighted by Gasteiger charge is 2.41. The Kier molecular flexibility index (Phi) is 13.3. The maximum atomic E-state index is 13.5. The van der Waals surface area contributed by atoms with Crippen LogP contribution < -0.4 is 35.8 Å². The number of nitrogens with one attached hydrogen (secondary N) is 4. The fourth-order valence-corrected chi connectivity index (χ4v) is 10.0. The second-order valence-electron chi connectivity index (χ2n) is 17.4. The predicted octanol–water partition coefficient (Wildman–Crippen LogP) is 5.24. The fourth-order valence-electron chi connectivity index (χ4n) is 10.0. The van der Waals surface area contributed by atoms with Gasteiger partial charge in [0, 0.05) is 69.0 Å². The van der Waals surface area contributed by atoms with Crippen LogP contribution in [0, 0.1) is 0 Å². The molecule has 5 aliphatic rings. The Morgan fingerprint density at radius 1 is 0.918 bits per heavy atom. The van der Waals surface area contributed by atoms with E-state index in [4.69, 9.17) is 9.72 Å². The van der Waals surface area contributed by atoms with Gasteiger partial charge in [-0.15, -0.1) is 0 Å². The third-order valence-corrected chi connectivity index (χ3v) is 13.6. The number of hydrogen-bond donors (Lipinski definition) is 4. The minimum Gasteiger partial charge on any atom is -0.495 e. The number of piperazine rings is 1. The van der Waals surface area contributed by atoms with Crippen molar-refractivity contribution in [3.8, 4) is 5.75 Å². The number of amides is 4. The number of aryl methyl sites for hydroxylation is 1. The first-order valence-electron chi connectivity index (χ1n) is 22.5. The van der Waals surface area contributed by atoms with E-state index in [1.807, 2.05) is 24.3 Å². The lowest BCUT2D eigenvalue weighted by molar-refractivity contribution is -0.133. The molecule has 326 valence electrons. The Hall–Kier alpha value is -5.28. The number of imide groups is 1. The van der Waals surface area contributed by atoms with Gasteiger partial charge in [0.05, 0.1) is 19.0 Å². The van der Waals surface area contributed by atoms with Crippen LogP contribution in [0.3, 0.4) is 0 Å². The SMILES string of the molecule is CC[C@@H]1C(=O)N(C)c2cnc(Nc3ccc(C(=O)NC4CCC(N5CCN(CCCc6ccc(NC7CCC(=O)NC7=O)cc6)CC5)CC4)cc3OC)nc2N1C1CCCC1. The minimum absolute atomic E-state index is 0.0812. The van der Waals surface area contributed by atoms with Crippen molar-refractivity contribution < 1.29 is 23.9 Å². The lowest BCUT2D eigenvalue weighted by Crippen LogP contribution is -2.55. The predicted molar refractivity (Wildman–Crippen MR) is 237 cm³/mol. The Labute approximate surface area is 359 Å². The van der Waals surface area contributed by atoms with Crippen LogP contribution in [0.4, 0.5) is 28.8 Å². The Balaban J connectivity index is 0.771. The molecule has 15 heteroatoms. The maximum Gasteiger partial charge on any atom is 0.251 e. The molecule has 2 aromatic carbocycles. The largest absolute Gasteiger partial charge is 0.495 e. The van der Waals surface area contributed by atoms with Crippen LogP contribution in [-0.2, 0) is 20.8 Å². The summed E-state index contributed by atoms with van der Waals surface area (Å²) < 4.78 is 5.75. The zero-order chi connectivity index (χ0) is 42.5. The van der Waals surface area contributed by atoms with Gasteiger partial charge in [-0.3, -0.25) is 29.4 Å². The molecule has 2 saturated heterocycles. The monoisotopic (exact) mass is 834 g/mol. The third kappa shape index (κ3) is 9.78. The van der Waals surface area contributed by atoms with Crippen molar-refractivity contribution in [1.29, 1.82) is 0 Å². The number of carbonyl (C=O) groups excluding carboxylic acids is 4. The van der Waals surface area contributed by atoms with E-state index in [9.17, 15) is 19.2 Å². The molecule has 15 nitrogen and oxygen atoms in total. The van der Waals surface area contributed by atoms with E-state index < -0.39 is 0 Å². The molecule has 4 heterocycles. The topological polar surface area (TPSA) is 164 Å². The molecule has 0 bridgehead atoms. The molecule has 2 saturated carbocycles. The van der Waals surface area contributed by atoms with Gasteiger partial charge in [-0.25, -0.2) is 4.98 Å². The maximum absolute atomic E-state index is 13.5. The van der Waals surface area contributed by atoms with Crippen LogP contribution in [0.2, 0.25) is 0 Å². The van der Waals surface area contributed by atoms with Gasteiger partial charge in [-0.05, 0) is 107 Å². The third-order valence-electron chi connectivity index (χ3n) is 13.6. The van der Waals surface area contributed by atoms with Gasteiger partial charge in [0.1, 0.15) is 23.5 Å². The van der Waals surface area contributed by atoms with E-state index in [2.05, 4.69) is 60.0 Å². The molecular weight excluding hydrogens is 773 g/mol. The van der Waals surface area contributed by atoms with E-state index >= 15 is 0 Å². The van der Waals surface area contributed by atoms with Gasteiger partial charge in [0.25, 0.3) is 5.91 Å². The first-order valence-corrected chi connectivity index (χ1v) is 22.5. The van der Waals surface area contributed by atoms with Crippen molar-refractivity contribution in [2.75, 3.05) is 67.3 Å². The number of hydrogen-bond acceptors (Lipinski definition) is 12. The van der Waals surface area contributed by atoms with Crippen LogP contribution in [0.15, 0.2) is 48.7 Å². The molecule has 2 aliphatic carbocycles. The number of methoxy groups -OCH3 is 1. The molecule has 4 amide bonds. The molecule has 61 heavy (non-hydrogen) atoms. The number of anilines is 5. The van der Waals surface area contributed by atoms with Crippen LogP contribution in [0.1, 0.15) is 99.9 Å². The molecule has 1 aromatic heterocycles. The second-order valence-corrected chi connectivity index (χ2v) is 17.4. The number of likely N-dealkylation sites (N-methyl/N-ethyl adjacent to an activating group) is 1. The fraction of sp³-hybridized carbons (Fsp3) is 0.565. The molecule has 3 aromatic rings. The molecule has 3 aliphatic heterocycles. The standard InChI is InChI=1S/C46H62N10O5/c1-4-38-45(60)53(2)39-29-47-46(52-42(39)56(38)35-9-5-6-10-35)50-36-20-13-31(28-40(36)61-3)43(58)49-33-16-18-34(19-17-33)55-26-24-54(25-27-55)23-7-8-30-11-14-32(15-12-30)48-37-21-22-41(57)51-44(37)59/h11-15,20,28-29,33-35,37-38,48H,4-10,16-19,21-27H2,1-3H3,(H,49,58)(H,47,50,52)(H,51,57,59)/t33?,34?,37?,38-/m1/s1. The molecule has 0 radical (unpaired) electrons. The lowest BCUT2D eigenvalue weighted by Gasteiger charge is -2.43. The highest BCUT2D eigenvalue weighted by atomic mass is 16.5. The zero-order valence-electron chi connectivity index (χ0n) is 36.0. The van der Waals surface area contributed by atoms with E-state index in [1.165, 1.54) is 5.56 Å². The van der Waals surface area contributed by atoms with Gasteiger partial charge in [-0.1, -0.05) is 31.9 Å². The highest BCUT2D eigenvalue weighted by molar-refractivity contribution is 6.04. The lowest BCUT2D eigenvalue weighted by atomic mass is 9.89. The number of nitrogens with zero attached hydrogens (tertiary/aromatic N) is 6. The zero-order valence-corrected chi connectivity index (χ0v) is 36.0. The first-order chi connectivity index (χ1) is 29.7. The van der Waals surface area contributed by atoms with Crippen molar-refractivity contribution in [2.45, 2.75) is 121 Å². The number of aromatic nitrogens is 2. The van der Waals surface area contributed by atoms with Crippen LogP contribution in [0.25, 0.3) is 0 Å². The summed E-state index contributed by atoms with van der Waals surface area (Å²) in [5, 5.41) is 12.3. The van der Waals surface area contributed by atoms with Gasteiger partial charge in [0.15, 0.2) is 5.82 Å². The van der Waals surface area contributed by atoms with E-state index in [0.29, 0.717) is 48.3 Å². The summed E-state index contributed by atoms with van der Waals surface area (Å²) in [6.07, 6.45) is 13.9. The molecule has 4 fully saturated rings. The summed E-state index contributed by atoms with van der Waals surface area (Å²) in [5.41, 5.74) is 4.10. The summed E-state index contributed by atoms with van der Waals surface area (Å²) in [6.45, 7) is 7.44. The molecule has 1 unspecified atom stereocenters. The molecule has 2 atom stereocenters. The second kappa shape index (κ2) is 19.2. The van der Waals surface area contributed by atoms with E-state index in [1.54, 1.807) is 31.3 Å². The van der Waals surface area contributed by atoms with Crippen molar-refractivity contribution in [2.24, 2.45) is 0 Å². The Morgan fingerprint density at radius 3 is 2.38 bits per heavy atom. The van der Waals surface area contributed by atoms with Crippen molar-refractivity contribution in [1.82, 2.24) is 30.4 Å². The van der Waals surface area contributed by atoms with Crippen LogP contribution in [-0.4, -0.2) is 120 Å². The van der Waals surface area contributed by atoms with Crippen molar-refractivity contribution in [3.63, 3.8) is 0 Å². The highest BCUT2D eigenvalue weighted by Crippen LogP contribution is 2.40. The number of fused-ring (bicyclic) bond motifs is 1. The van der Waals surface area contributed by atoms with Crippen LogP contribution >= 0.6 is 0 Å². The van der Waals surface area contributed by atoms with Crippen molar-refractivity contribution >= 4 is 52.5 Å². The van der Waals surface area contributed by atoms with Crippen molar-refractivity contribution in [3.05, 3.63) is 59.8 Å².